The van der Waals surface area contributed by atoms with Crippen LogP contribution >= 0.6 is 0 Å². The Bertz CT molecular complexity index is 408. The van der Waals surface area contributed by atoms with Crippen molar-refractivity contribution in [3.63, 3.8) is 0 Å². The van der Waals surface area contributed by atoms with Crippen LogP contribution in [-0.4, -0.2) is 40.1 Å². The van der Waals surface area contributed by atoms with Gasteiger partial charge in [-0.2, -0.15) is 0 Å². The molecule has 1 N–H and O–H groups in total. The fourth-order valence-corrected chi connectivity index (χ4v) is 3.84. The topological polar surface area (TPSA) is 33.1 Å². The summed E-state index contributed by atoms with van der Waals surface area (Å²) in [5.74, 6) is 2.11. The van der Waals surface area contributed by atoms with Crippen molar-refractivity contribution in [2.24, 2.45) is 5.92 Å². The first kappa shape index (κ1) is 14.1. The highest BCUT2D eigenvalue weighted by Gasteiger charge is 2.26. The molecule has 0 radical (unpaired) electrons. The van der Waals surface area contributed by atoms with Crippen LogP contribution in [0.25, 0.3) is 0 Å². The minimum atomic E-state index is 0.668. The Morgan fingerprint density at radius 2 is 2.15 bits per heavy atom. The highest BCUT2D eigenvalue weighted by Crippen LogP contribution is 2.27. The molecule has 1 aliphatic heterocycles. The van der Waals surface area contributed by atoms with Gasteiger partial charge < -0.3 is 9.88 Å². The zero-order chi connectivity index (χ0) is 13.8. The normalized spacial score (nSPS) is 22.6. The number of fused-ring (bicyclic) bond motifs is 1. The fraction of sp³-hybridized carbons (Fsp3) is 0.812. The molecule has 1 aromatic heterocycles. The van der Waals surface area contributed by atoms with Crippen LogP contribution in [0.2, 0.25) is 0 Å². The van der Waals surface area contributed by atoms with E-state index in [4.69, 9.17) is 0 Å². The highest BCUT2D eigenvalue weighted by molar-refractivity contribution is 4.96. The van der Waals surface area contributed by atoms with Crippen molar-refractivity contribution in [1.29, 1.82) is 0 Å². The van der Waals surface area contributed by atoms with E-state index in [2.05, 4.69) is 32.9 Å². The van der Waals surface area contributed by atoms with Crippen molar-refractivity contribution in [3.05, 3.63) is 18.2 Å². The van der Waals surface area contributed by atoms with Gasteiger partial charge in [-0.25, -0.2) is 4.98 Å². The van der Waals surface area contributed by atoms with E-state index < -0.39 is 0 Å². The molecule has 1 aliphatic carbocycles. The summed E-state index contributed by atoms with van der Waals surface area (Å²) < 4.78 is 2.29. The summed E-state index contributed by atoms with van der Waals surface area (Å²) in [7, 11) is 0. The van der Waals surface area contributed by atoms with Gasteiger partial charge in [0.15, 0.2) is 0 Å². The van der Waals surface area contributed by atoms with Crippen molar-refractivity contribution in [3.8, 4) is 0 Å². The second-order valence-corrected chi connectivity index (χ2v) is 6.33. The Morgan fingerprint density at radius 3 is 2.95 bits per heavy atom. The lowest BCUT2D eigenvalue weighted by Crippen LogP contribution is -2.48. The van der Waals surface area contributed by atoms with Gasteiger partial charge in [-0.15, -0.1) is 0 Å². The van der Waals surface area contributed by atoms with Crippen molar-refractivity contribution in [2.75, 3.05) is 19.6 Å². The van der Waals surface area contributed by atoms with Crippen LogP contribution in [0.15, 0.2) is 12.4 Å². The predicted octanol–water partition coefficient (Wildman–Crippen LogP) is 2.26. The second-order valence-electron chi connectivity index (χ2n) is 6.33. The highest BCUT2D eigenvalue weighted by atomic mass is 15.2. The number of nitrogens with zero attached hydrogens (tertiary/aromatic N) is 3. The standard InChI is InChI=1S/C16H28N4/c1-2-17-15(14-6-4-3-5-7-14)12-19-10-11-20-9-8-18-16(20)13-19/h8-9,14-15,17H,2-7,10-13H2,1H3. The first-order chi connectivity index (χ1) is 9.86. The van der Waals surface area contributed by atoms with Gasteiger partial charge in [0, 0.05) is 38.1 Å². The van der Waals surface area contributed by atoms with Crippen LogP contribution in [0, 0.1) is 5.92 Å². The predicted molar refractivity (Wildman–Crippen MR) is 81.5 cm³/mol. The van der Waals surface area contributed by atoms with Crippen molar-refractivity contribution < 1.29 is 0 Å². The Labute approximate surface area is 122 Å². The van der Waals surface area contributed by atoms with Gasteiger partial charge >= 0.3 is 0 Å². The molecule has 112 valence electrons. The average molecular weight is 276 g/mol. The maximum absolute atomic E-state index is 4.47. The van der Waals surface area contributed by atoms with Gasteiger partial charge in [0.2, 0.25) is 0 Å². The fourth-order valence-electron chi connectivity index (χ4n) is 3.84. The molecular formula is C16H28N4. The van der Waals surface area contributed by atoms with Gasteiger partial charge in [0.1, 0.15) is 5.82 Å². The molecule has 0 saturated heterocycles. The Balaban J connectivity index is 1.59. The maximum Gasteiger partial charge on any atom is 0.122 e. The third kappa shape index (κ3) is 3.23. The van der Waals surface area contributed by atoms with Crippen molar-refractivity contribution >= 4 is 0 Å². The number of likely N-dealkylation sites (N-methyl/N-ethyl adjacent to an activating group) is 1. The third-order valence-corrected chi connectivity index (χ3v) is 4.96. The zero-order valence-corrected chi connectivity index (χ0v) is 12.7. The van der Waals surface area contributed by atoms with Gasteiger partial charge in [-0.05, 0) is 25.3 Å². The van der Waals surface area contributed by atoms with E-state index in [0.717, 1.165) is 32.1 Å². The molecular weight excluding hydrogens is 248 g/mol. The molecule has 1 saturated carbocycles. The first-order valence-corrected chi connectivity index (χ1v) is 8.32. The van der Waals surface area contributed by atoms with Crippen molar-refractivity contribution in [2.45, 2.75) is 58.2 Å². The molecule has 2 aliphatic rings. The van der Waals surface area contributed by atoms with Crippen molar-refractivity contribution in [1.82, 2.24) is 19.8 Å². The first-order valence-electron chi connectivity index (χ1n) is 8.32. The molecule has 3 rings (SSSR count). The molecule has 4 heteroatoms. The van der Waals surface area contributed by atoms with Gasteiger partial charge in [-0.1, -0.05) is 26.2 Å². The number of imidazole rings is 1. The van der Waals surface area contributed by atoms with E-state index in [1.54, 1.807) is 0 Å². The smallest absolute Gasteiger partial charge is 0.122 e. The summed E-state index contributed by atoms with van der Waals surface area (Å²) in [4.78, 5) is 7.06. The molecule has 4 nitrogen and oxygen atoms in total. The summed E-state index contributed by atoms with van der Waals surface area (Å²) in [6.45, 7) is 7.78. The summed E-state index contributed by atoms with van der Waals surface area (Å²) in [5.41, 5.74) is 0. The van der Waals surface area contributed by atoms with E-state index in [-0.39, 0.29) is 0 Å². The summed E-state index contributed by atoms with van der Waals surface area (Å²) in [6.07, 6.45) is 11.2. The minimum Gasteiger partial charge on any atom is -0.333 e. The van der Waals surface area contributed by atoms with Gasteiger partial charge in [-0.3, -0.25) is 4.90 Å². The monoisotopic (exact) mass is 276 g/mol. The van der Waals surface area contributed by atoms with E-state index in [1.165, 1.54) is 44.5 Å². The molecule has 2 heterocycles. The lowest BCUT2D eigenvalue weighted by Gasteiger charge is -2.36. The van der Waals surface area contributed by atoms with E-state index in [9.17, 15) is 0 Å². The molecule has 1 aromatic rings. The van der Waals surface area contributed by atoms with Crippen LogP contribution in [0.5, 0.6) is 0 Å². The average Bonchev–Trinajstić information content (AvgIpc) is 2.95. The van der Waals surface area contributed by atoms with Crippen LogP contribution in [-0.2, 0) is 13.1 Å². The lowest BCUT2D eigenvalue weighted by atomic mass is 9.83. The van der Waals surface area contributed by atoms with Crippen LogP contribution in [0.3, 0.4) is 0 Å². The molecule has 0 amide bonds. The van der Waals surface area contributed by atoms with E-state index >= 15 is 0 Å². The second kappa shape index (κ2) is 6.72. The number of hydrogen-bond donors (Lipinski definition) is 1. The Kier molecular flexibility index (Phi) is 4.73. The maximum atomic E-state index is 4.47. The molecule has 0 bridgehead atoms. The van der Waals surface area contributed by atoms with Crippen LogP contribution in [0.1, 0.15) is 44.9 Å². The zero-order valence-electron chi connectivity index (χ0n) is 12.7. The molecule has 0 aromatic carbocycles. The minimum absolute atomic E-state index is 0.668. The molecule has 1 atom stereocenters. The van der Waals surface area contributed by atoms with Gasteiger partial charge in [0.05, 0.1) is 6.54 Å². The Morgan fingerprint density at radius 1 is 1.30 bits per heavy atom. The number of hydrogen-bond acceptors (Lipinski definition) is 3. The SMILES string of the molecule is CCNC(CN1CCn2ccnc2C1)C1CCCCC1. The number of aromatic nitrogens is 2. The number of rotatable bonds is 5. The van der Waals surface area contributed by atoms with Crippen LogP contribution < -0.4 is 5.32 Å². The molecule has 1 unspecified atom stereocenters. The quantitative estimate of drug-likeness (QED) is 0.895. The lowest BCUT2D eigenvalue weighted by molar-refractivity contribution is 0.156. The third-order valence-electron chi connectivity index (χ3n) is 4.96. The summed E-state index contributed by atoms with van der Waals surface area (Å²) in [5, 5.41) is 3.75. The van der Waals surface area contributed by atoms with Gasteiger partial charge in [0.25, 0.3) is 0 Å². The largest absolute Gasteiger partial charge is 0.333 e. The Hall–Kier alpha value is -0.870. The summed E-state index contributed by atoms with van der Waals surface area (Å²) in [6, 6.07) is 0.668. The van der Waals surface area contributed by atoms with E-state index in [0.29, 0.717) is 6.04 Å². The van der Waals surface area contributed by atoms with E-state index in [1.807, 2.05) is 6.20 Å². The molecule has 1 fully saturated rings. The van der Waals surface area contributed by atoms with Crippen LogP contribution in [0.4, 0.5) is 0 Å². The molecule has 20 heavy (non-hydrogen) atoms. The summed E-state index contributed by atoms with van der Waals surface area (Å²) >= 11 is 0. The number of nitrogens with one attached hydrogen (secondary N) is 1. The molecule has 0 spiro atoms.